The number of amides is 2. The Bertz CT molecular complexity index is 1130. The fourth-order valence-electron chi connectivity index (χ4n) is 3.76. The first-order valence-electron chi connectivity index (χ1n) is 11.9. The first-order chi connectivity index (χ1) is 16.9. The van der Waals surface area contributed by atoms with Crippen LogP contribution in [-0.2, 0) is 22.6 Å². The molecule has 3 aromatic rings. The summed E-state index contributed by atoms with van der Waals surface area (Å²) in [6.07, 6.45) is 1.19. The van der Waals surface area contributed by atoms with Gasteiger partial charge < -0.3 is 15.0 Å². The Morgan fingerprint density at radius 2 is 1.69 bits per heavy atom. The summed E-state index contributed by atoms with van der Waals surface area (Å²) in [7, 11) is 0. The molecule has 184 valence electrons. The second kappa shape index (κ2) is 13.0. The smallest absolute Gasteiger partial charge is 0.261 e. The fourth-order valence-corrected chi connectivity index (χ4v) is 3.96. The maximum Gasteiger partial charge on any atom is 0.261 e. The number of carbonyl (C=O) groups is 2. The van der Waals surface area contributed by atoms with Crippen molar-refractivity contribution in [2.75, 3.05) is 13.2 Å². The van der Waals surface area contributed by atoms with Crippen molar-refractivity contribution >= 4 is 23.4 Å². The molecule has 0 saturated carbocycles. The summed E-state index contributed by atoms with van der Waals surface area (Å²) >= 11 is 6.44. The molecule has 2 amide bonds. The number of hydrogen-bond acceptors (Lipinski definition) is 3. The number of ether oxygens (including phenoxy) is 1. The van der Waals surface area contributed by atoms with Crippen molar-refractivity contribution < 1.29 is 14.3 Å². The van der Waals surface area contributed by atoms with Gasteiger partial charge in [0.1, 0.15) is 11.8 Å². The van der Waals surface area contributed by atoms with Crippen LogP contribution in [0.25, 0.3) is 0 Å². The Hall–Kier alpha value is -3.31. The highest BCUT2D eigenvalue weighted by atomic mass is 35.5. The summed E-state index contributed by atoms with van der Waals surface area (Å²) in [4.78, 5) is 28.5. The van der Waals surface area contributed by atoms with Crippen LogP contribution in [0.2, 0.25) is 5.02 Å². The Morgan fingerprint density at radius 3 is 2.37 bits per heavy atom. The van der Waals surface area contributed by atoms with E-state index in [1.807, 2.05) is 87.5 Å². The lowest BCUT2D eigenvalue weighted by Gasteiger charge is -2.31. The van der Waals surface area contributed by atoms with Gasteiger partial charge in [0.2, 0.25) is 5.91 Å². The van der Waals surface area contributed by atoms with Crippen molar-refractivity contribution in [2.45, 2.75) is 46.2 Å². The number of hydrogen-bond donors (Lipinski definition) is 1. The summed E-state index contributed by atoms with van der Waals surface area (Å²) in [5.74, 6) is 0.146. The van der Waals surface area contributed by atoms with Gasteiger partial charge in [-0.2, -0.15) is 0 Å². The maximum atomic E-state index is 13.6. The van der Waals surface area contributed by atoms with Crippen LogP contribution < -0.4 is 10.1 Å². The van der Waals surface area contributed by atoms with Crippen molar-refractivity contribution in [3.05, 3.63) is 100 Å². The molecule has 0 unspecified atom stereocenters. The van der Waals surface area contributed by atoms with E-state index in [0.717, 1.165) is 28.7 Å². The second-order valence-electron chi connectivity index (χ2n) is 8.64. The average molecular weight is 493 g/mol. The number of nitrogens with zero attached hydrogens (tertiary/aromatic N) is 1. The number of aryl methyl sites for hydroxylation is 2. The van der Waals surface area contributed by atoms with Crippen LogP contribution in [0, 0.1) is 13.8 Å². The van der Waals surface area contributed by atoms with Crippen molar-refractivity contribution in [2.24, 2.45) is 0 Å². The topological polar surface area (TPSA) is 58.6 Å². The van der Waals surface area contributed by atoms with Gasteiger partial charge in [0.15, 0.2) is 6.61 Å². The van der Waals surface area contributed by atoms with Crippen molar-refractivity contribution in [1.82, 2.24) is 10.2 Å². The number of rotatable bonds is 11. The van der Waals surface area contributed by atoms with Gasteiger partial charge in [0.05, 0.1) is 0 Å². The summed E-state index contributed by atoms with van der Waals surface area (Å²) < 4.78 is 5.86. The zero-order chi connectivity index (χ0) is 25.2. The van der Waals surface area contributed by atoms with Crippen molar-refractivity contribution in [3.63, 3.8) is 0 Å². The Labute approximate surface area is 213 Å². The van der Waals surface area contributed by atoms with Crippen LogP contribution in [0.5, 0.6) is 5.75 Å². The molecular formula is C29H33ClN2O3. The molecule has 0 saturated heterocycles. The molecule has 0 fully saturated rings. The Balaban J connectivity index is 1.90. The van der Waals surface area contributed by atoms with Gasteiger partial charge in [-0.3, -0.25) is 9.59 Å². The summed E-state index contributed by atoms with van der Waals surface area (Å²) in [5.41, 5.74) is 3.98. The van der Waals surface area contributed by atoms with E-state index in [1.54, 1.807) is 11.0 Å². The molecule has 0 aliphatic heterocycles. The third kappa shape index (κ3) is 7.59. The van der Waals surface area contributed by atoms with Gasteiger partial charge in [0.25, 0.3) is 5.91 Å². The highest BCUT2D eigenvalue weighted by Gasteiger charge is 2.31. The molecule has 0 spiro atoms. The molecule has 1 N–H and O–H groups in total. The van der Waals surface area contributed by atoms with Gasteiger partial charge in [0, 0.05) is 24.5 Å². The molecule has 3 aromatic carbocycles. The fraction of sp³-hybridized carbons (Fsp3) is 0.310. The standard InChI is InChI=1S/C29H33ClN2O3/c1-4-16-31-29(34)27(18-23-10-6-5-7-11-23)32(19-24-12-8-9-13-26(24)30)28(33)20-35-25-15-14-21(2)22(3)17-25/h5-15,17,27H,4,16,18-20H2,1-3H3,(H,31,34)/t27-/m1/s1. The molecule has 0 aliphatic rings. The van der Waals surface area contributed by atoms with Crippen LogP contribution in [-0.4, -0.2) is 35.9 Å². The summed E-state index contributed by atoms with van der Waals surface area (Å²) in [6.45, 7) is 6.58. The van der Waals surface area contributed by atoms with Crippen LogP contribution in [0.1, 0.15) is 35.6 Å². The van der Waals surface area contributed by atoms with Gasteiger partial charge in [-0.05, 0) is 60.7 Å². The van der Waals surface area contributed by atoms with Crippen LogP contribution in [0.3, 0.4) is 0 Å². The minimum absolute atomic E-state index is 0.181. The highest BCUT2D eigenvalue weighted by molar-refractivity contribution is 6.31. The molecule has 0 heterocycles. The van der Waals surface area contributed by atoms with Crippen molar-refractivity contribution in [1.29, 1.82) is 0 Å². The molecular weight excluding hydrogens is 460 g/mol. The molecule has 6 heteroatoms. The molecule has 0 radical (unpaired) electrons. The van der Waals surface area contributed by atoms with E-state index in [2.05, 4.69) is 5.32 Å². The molecule has 0 bridgehead atoms. The Morgan fingerprint density at radius 1 is 0.971 bits per heavy atom. The quantitative estimate of drug-likeness (QED) is 0.384. The van der Waals surface area contributed by atoms with Gasteiger partial charge >= 0.3 is 0 Å². The maximum absolute atomic E-state index is 13.6. The highest BCUT2D eigenvalue weighted by Crippen LogP contribution is 2.21. The monoisotopic (exact) mass is 492 g/mol. The first kappa shape index (κ1) is 26.3. The molecule has 3 rings (SSSR count). The van der Waals surface area contributed by atoms with E-state index in [1.165, 1.54) is 0 Å². The van der Waals surface area contributed by atoms with E-state index in [0.29, 0.717) is 23.7 Å². The normalized spacial score (nSPS) is 11.5. The molecule has 35 heavy (non-hydrogen) atoms. The van der Waals surface area contributed by atoms with Gasteiger partial charge in [-0.25, -0.2) is 0 Å². The van der Waals surface area contributed by atoms with E-state index in [-0.39, 0.29) is 25.0 Å². The third-order valence-electron chi connectivity index (χ3n) is 5.96. The summed E-state index contributed by atoms with van der Waals surface area (Å²) in [5, 5.41) is 3.52. The number of carbonyl (C=O) groups excluding carboxylic acids is 2. The molecule has 0 aromatic heterocycles. The first-order valence-corrected chi connectivity index (χ1v) is 12.3. The van der Waals surface area contributed by atoms with Crippen LogP contribution in [0.15, 0.2) is 72.8 Å². The number of halogens is 1. The van der Waals surface area contributed by atoms with Gasteiger partial charge in [-0.1, -0.05) is 73.1 Å². The number of nitrogens with one attached hydrogen (secondary N) is 1. The molecule has 1 atom stereocenters. The lowest BCUT2D eigenvalue weighted by Crippen LogP contribution is -2.51. The van der Waals surface area contributed by atoms with E-state index >= 15 is 0 Å². The van der Waals surface area contributed by atoms with Crippen molar-refractivity contribution in [3.8, 4) is 5.75 Å². The van der Waals surface area contributed by atoms with E-state index in [4.69, 9.17) is 16.3 Å². The number of benzene rings is 3. The Kier molecular flexibility index (Phi) is 9.74. The largest absolute Gasteiger partial charge is 0.484 e. The second-order valence-corrected chi connectivity index (χ2v) is 9.05. The third-order valence-corrected chi connectivity index (χ3v) is 6.33. The predicted molar refractivity (Wildman–Crippen MR) is 141 cm³/mol. The van der Waals surface area contributed by atoms with Crippen LogP contribution in [0.4, 0.5) is 0 Å². The lowest BCUT2D eigenvalue weighted by molar-refractivity contribution is -0.142. The lowest BCUT2D eigenvalue weighted by atomic mass is 10.0. The minimum Gasteiger partial charge on any atom is -0.484 e. The SMILES string of the molecule is CCCNC(=O)[C@@H](Cc1ccccc1)N(Cc1ccccc1Cl)C(=O)COc1ccc(C)c(C)c1. The summed E-state index contributed by atoms with van der Waals surface area (Å²) in [6, 6.07) is 22.1. The predicted octanol–water partition coefficient (Wildman–Crippen LogP) is 5.50. The molecule has 0 aliphatic carbocycles. The zero-order valence-corrected chi connectivity index (χ0v) is 21.3. The average Bonchev–Trinajstić information content (AvgIpc) is 2.86. The van der Waals surface area contributed by atoms with E-state index in [9.17, 15) is 9.59 Å². The zero-order valence-electron chi connectivity index (χ0n) is 20.6. The molecule has 5 nitrogen and oxygen atoms in total. The minimum atomic E-state index is -0.712. The van der Waals surface area contributed by atoms with Gasteiger partial charge in [-0.15, -0.1) is 0 Å². The van der Waals surface area contributed by atoms with Crippen LogP contribution >= 0.6 is 11.6 Å². The van der Waals surface area contributed by atoms with E-state index < -0.39 is 6.04 Å².